The van der Waals surface area contributed by atoms with Crippen LogP contribution in [0, 0.1) is 0 Å². The molecule has 16 heavy (non-hydrogen) atoms. The van der Waals surface area contributed by atoms with E-state index in [1.165, 1.54) is 5.56 Å². The summed E-state index contributed by atoms with van der Waals surface area (Å²) in [6.45, 7) is 2.79. The highest BCUT2D eigenvalue weighted by Gasteiger charge is 2.28. The Morgan fingerprint density at radius 1 is 1.44 bits per heavy atom. The molecule has 1 aromatic rings. The number of thiocarbonyl (C=S) groups is 1. The number of nitrogens with zero attached hydrogens (tertiary/aromatic N) is 1. The molecule has 1 N–H and O–H groups in total. The lowest BCUT2D eigenvalue weighted by Gasteiger charge is -2.36. The molecule has 86 valence electrons. The summed E-state index contributed by atoms with van der Waals surface area (Å²) in [6.07, 6.45) is 0.335. The van der Waals surface area contributed by atoms with Gasteiger partial charge in [0.15, 0.2) is 0 Å². The molecule has 0 saturated carbocycles. The zero-order chi connectivity index (χ0) is 11.5. The van der Waals surface area contributed by atoms with Crippen LogP contribution in [0.1, 0.15) is 18.9 Å². The van der Waals surface area contributed by atoms with E-state index in [1.807, 2.05) is 23.1 Å². The first kappa shape index (κ1) is 11.9. The van der Waals surface area contributed by atoms with Crippen LogP contribution in [0.2, 0.25) is 0 Å². The Hall–Kier alpha value is -0.580. The Morgan fingerprint density at radius 2 is 2.12 bits per heavy atom. The zero-order valence-corrected chi connectivity index (χ0v) is 10.8. The van der Waals surface area contributed by atoms with Crippen molar-refractivity contribution in [2.24, 2.45) is 0 Å². The van der Waals surface area contributed by atoms with Gasteiger partial charge in [-0.25, -0.2) is 0 Å². The smallest absolute Gasteiger partial charge is 0.138 e. The maximum absolute atomic E-state index is 10.00. The van der Waals surface area contributed by atoms with Gasteiger partial charge in [0.25, 0.3) is 0 Å². The van der Waals surface area contributed by atoms with Crippen LogP contribution in [-0.2, 0) is 6.54 Å². The van der Waals surface area contributed by atoms with E-state index in [1.54, 1.807) is 11.8 Å². The molecule has 1 saturated heterocycles. The largest absolute Gasteiger partial charge is 0.374 e. The summed E-state index contributed by atoms with van der Waals surface area (Å²) < 4.78 is 0.801. The first-order valence-electron chi connectivity index (χ1n) is 5.36. The van der Waals surface area contributed by atoms with Crippen LogP contribution in [0.4, 0.5) is 0 Å². The van der Waals surface area contributed by atoms with Crippen LogP contribution in [0.3, 0.4) is 0 Å². The number of rotatable bonds is 2. The fourth-order valence-electron chi connectivity index (χ4n) is 1.78. The second kappa shape index (κ2) is 5.17. The molecule has 0 spiro atoms. The monoisotopic (exact) mass is 253 g/mol. The minimum absolute atomic E-state index is 0.412. The van der Waals surface area contributed by atoms with Crippen molar-refractivity contribution in [3.05, 3.63) is 35.9 Å². The number of hydrogen-bond acceptors (Lipinski definition) is 3. The number of aliphatic hydroxyl groups excluding tert-OH is 1. The lowest BCUT2D eigenvalue weighted by atomic mass is 10.2. The lowest BCUT2D eigenvalue weighted by Crippen LogP contribution is -2.43. The Kier molecular flexibility index (Phi) is 3.84. The van der Waals surface area contributed by atoms with Crippen molar-refractivity contribution in [2.75, 3.05) is 0 Å². The third-order valence-corrected chi connectivity index (χ3v) is 4.19. The highest BCUT2D eigenvalue weighted by atomic mass is 32.2. The molecule has 1 heterocycles. The number of aliphatic hydroxyl groups is 1. The van der Waals surface area contributed by atoms with Crippen molar-refractivity contribution in [2.45, 2.75) is 31.4 Å². The van der Waals surface area contributed by atoms with Crippen molar-refractivity contribution in [3.8, 4) is 0 Å². The van der Waals surface area contributed by atoms with E-state index in [-0.39, 0.29) is 0 Å². The van der Waals surface area contributed by atoms with Crippen molar-refractivity contribution in [1.29, 1.82) is 0 Å². The number of thioether (sulfide) groups is 1. The third kappa shape index (κ3) is 2.75. The van der Waals surface area contributed by atoms with Gasteiger partial charge in [0.1, 0.15) is 10.5 Å². The summed E-state index contributed by atoms with van der Waals surface area (Å²) in [5.74, 6) is 0. The van der Waals surface area contributed by atoms with Gasteiger partial charge >= 0.3 is 0 Å². The minimum Gasteiger partial charge on any atom is -0.374 e. The molecule has 0 aliphatic carbocycles. The molecule has 2 unspecified atom stereocenters. The quantitative estimate of drug-likeness (QED) is 0.819. The van der Waals surface area contributed by atoms with Crippen molar-refractivity contribution in [1.82, 2.24) is 4.90 Å². The van der Waals surface area contributed by atoms with Crippen LogP contribution in [0.25, 0.3) is 0 Å². The van der Waals surface area contributed by atoms with Crippen molar-refractivity contribution < 1.29 is 5.11 Å². The Balaban J connectivity index is 2.07. The maximum Gasteiger partial charge on any atom is 0.138 e. The summed E-state index contributed by atoms with van der Waals surface area (Å²) >= 11 is 6.98. The van der Waals surface area contributed by atoms with Crippen LogP contribution in [0.15, 0.2) is 30.3 Å². The van der Waals surface area contributed by atoms with Gasteiger partial charge in [-0.2, -0.15) is 0 Å². The van der Waals surface area contributed by atoms with E-state index < -0.39 is 6.23 Å². The SMILES string of the molecule is CC1CC(O)N(Cc2ccccc2)C(=S)S1. The Bertz CT molecular complexity index is 369. The second-order valence-corrected chi connectivity index (χ2v) is 6.10. The van der Waals surface area contributed by atoms with Crippen LogP contribution < -0.4 is 0 Å². The number of hydrogen-bond donors (Lipinski definition) is 1. The number of benzene rings is 1. The minimum atomic E-state index is -0.441. The highest BCUT2D eigenvalue weighted by Crippen LogP contribution is 2.29. The van der Waals surface area contributed by atoms with E-state index >= 15 is 0 Å². The van der Waals surface area contributed by atoms with Gasteiger partial charge in [0, 0.05) is 18.2 Å². The summed E-state index contributed by atoms with van der Waals surface area (Å²) in [5, 5.41) is 10.4. The van der Waals surface area contributed by atoms with E-state index in [2.05, 4.69) is 19.1 Å². The van der Waals surface area contributed by atoms with Crippen LogP contribution in [0.5, 0.6) is 0 Å². The van der Waals surface area contributed by atoms with Gasteiger partial charge in [-0.05, 0) is 5.56 Å². The summed E-state index contributed by atoms with van der Waals surface area (Å²) in [6, 6.07) is 10.1. The standard InChI is InChI=1S/C12H15NOS2/c1-9-7-11(14)13(12(15)16-9)8-10-5-3-2-4-6-10/h2-6,9,11,14H,7-8H2,1H3. The molecule has 1 aliphatic rings. The molecule has 0 amide bonds. The normalized spacial score (nSPS) is 25.9. The molecular formula is C12H15NOS2. The van der Waals surface area contributed by atoms with Crippen LogP contribution in [-0.4, -0.2) is 25.8 Å². The highest BCUT2D eigenvalue weighted by molar-refractivity contribution is 8.23. The summed E-state index contributed by atoms with van der Waals surface area (Å²) in [4.78, 5) is 1.90. The predicted octanol–water partition coefficient (Wildman–Crippen LogP) is 2.62. The zero-order valence-electron chi connectivity index (χ0n) is 9.17. The molecule has 1 aliphatic heterocycles. The first-order valence-corrected chi connectivity index (χ1v) is 6.65. The molecule has 2 rings (SSSR count). The van der Waals surface area contributed by atoms with E-state index in [9.17, 15) is 5.11 Å². The van der Waals surface area contributed by atoms with Crippen LogP contribution >= 0.6 is 24.0 Å². The maximum atomic E-state index is 10.00. The molecule has 4 heteroatoms. The second-order valence-electron chi connectivity index (χ2n) is 4.02. The topological polar surface area (TPSA) is 23.5 Å². The van der Waals surface area contributed by atoms with Crippen molar-refractivity contribution >= 4 is 28.3 Å². The predicted molar refractivity (Wildman–Crippen MR) is 72.3 cm³/mol. The van der Waals surface area contributed by atoms with Gasteiger partial charge in [-0.3, -0.25) is 0 Å². The Labute approximate surface area is 106 Å². The molecule has 0 radical (unpaired) electrons. The summed E-state index contributed by atoms with van der Waals surface area (Å²) in [5.41, 5.74) is 1.18. The fraction of sp³-hybridized carbons (Fsp3) is 0.417. The van der Waals surface area contributed by atoms with Crippen molar-refractivity contribution in [3.63, 3.8) is 0 Å². The fourth-order valence-corrected chi connectivity index (χ4v) is 3.40. The van der Waals surface area contributed by atoms with E-state index in [0.717, 1.165) is 10.7 Å². The molecule has 0 aromatic heterocycles. The van der Waals surface area contributed by atoms with Gasteiger partial charge in [-0.1, -0.05) is 61.2 Å². The molecule has 0 bridgehead atoms. The molecular weight excluding hydrogens is 238 g/mol. The molecule has 1 aromatic carbocycles. The first-order chi connectivity index (χ1) is 7.66. The van der Waals surface area contributed by atoms with E-state index in [4.69, 9.17) is 12.2 Å². The van der Waals surface area contributed by atoms with Gasteiger partial charge in [0.05, 0.1) is 0 Å². The summed E-state index contributed by atoms with van der Waals surface area (Å²) in [7, 11) is 0. The molecule has 2 atom stereocenters. The van der Waals surface area contributed by atoms with Gasteiger partial charge in [-0.15, -0.1) is 0 Å². The van der Waals surface area contributed by atoms with E-state index in [0.29, 0.717) is 11.8 Å². The molecule has 1 fully saturated rings. The molecule has 2 nitrogen and oxygen atoms in total. The van der Waals surface area contributed by atoms with Gasteiger partial charge in [0.2, 0.25) is 0 Å². The lowest BCUT2D eigenvalue weighted by molar-refractivity contribution is 0.0429. The third-order valence-electron chi connectivity index (χ3n) is 2.63. The Morgan fingerprint density at radius 3 is 2.75 bits per heavy atom. The average Bonchev–Trinajstić information content (AvgIpc) is 2.25. The average molecular weight is 253 g/mol. The van der Waals surface area contributed by atoms with Gasteiger partial charge < -0.3 is 10.0 Å².